The molecule has 1 aliphatic carbocycles. The molecule has 0 aliphatic heterocycles. The van der Waals surface area contributed by atoms with E-state index in [4.69, 9.17) is 10.5 Å². The molecule has 1 saturated carbocycles. The van der Waals surface area contributed by atoms with Crippen molar-refractivity contribution >= 4 is 25.8 Å². The lowest BCUT2D eigenvalue weighted by Crippen LogP contribution is -2.42. The molecule has 3 rings (SSSR count). The van der Waals surface area contributed by atoms with Crippen molar-refractivity contribution in [2.75, 3.05) is 26.4 Å². The first-order valence-corrected chi connectivity index (χ1v) is 13.9. The van der Waals surface area contributed by atoms with Gasteiger partial charge in [-0.2, -0.15) is 0 Å². The second-order valence-corrected chi connectivity index (χ2v) is 10.6. The van der Waals surface area contributed by atoms with Gasteiger partial charge in [0.1, 0.15) is 6.04 Å². The van der Waals surface area contributed by atoms with Crippen LogP contribution in [-0.4, -0.2) is 64.6 Å². The Morgan fingerprint density at radius 1 is 1.25 bits per heavy atom. The number of amides is 3. The summed E-state index contributed by atoms with van der Waals surface area (Å²) < 4.78 is 7.77. The molecule has 0 spiro atoms. The van der Waals surface area contributed by atoms with Crippen molar-refractivity contribution in [1.29, 1.82) is 0 Å². The number of nitrogens with one attached hydrogen (secondary N) is 3. The number of tetrazole rings is 1. The van der Waals surface area contributed by atoms with E-state index >= 15 is 0 Å². The van der Waals surface area contributed by atoms with E-state index in [1.165, 1.54) is 37.4 Å². The van der Waals surface area contributed by atoms with Gasteiger partial charge in [0.2, 0.25) is 5.91 Å². The van der Waals surface area contributed by atoms with E-state index in [-0.39, 0.29) is 11.9 Å². The number of nitrogens with zero attached hydrogens (tertiary/aromatic N) is 4. The van der Waals surface area contributed by atoms with Crippen LogP contribution in [-0.2, 0) is 22.6 Å². The largest absolute Gasteiger partial charge is 0.379 e. The molecular weight excluding hydrogens is 479 g/mol. The topological polar surface area (TPSA) is 149 Å². The molecular formula is C24H39N8O3P. The quantitative estimate of drug-likeness (QED) is 0.291. The number of hydrogen-bond acceptors (Lipinski definition) is 7. The van der Waals surface area contributed by atoms with Crippen LogP contribution in [0.3, 0.4) is 0 Å². The van der Waals surface area contributed by atoms with Crippen LogP contribution in [0.25, 0.3) is 0 Å². The zero-order chi connectivity index (χ0) is 25.8. The Kier molecular flexibility index (Phi) is 11.5. The van der Waals surface area contributed by atoms with Gasteiger partial charge in [0.05, 0.1) is 12.6 Å². The Morgan fingerprint density at radius 3 is 2.78 bits per heavy atom. The molecule has 1 aromatic carbocycles. The summed E-state index contributed by atoms with van der Waals surface area (Å²) in [5.74, 6) is 0.862. The summed E-state index contributed by atoms with van der Waals surface area (Å²) in [6.45, 7) is 3.67. The number of urea groups is 1. The summed E-state index contributed by atoms with van der Waals surface area (Å²) in [5.41, 5.74) is 6.87. The highest BCUT2D eigenvalue weighted by molar-refractivity contribution is 7.47. The molecule has 0 bridgehead atoms. The molecule has 5 N–H and O–H groups in total. The van der Waals surface area contributed by atoms with E-state index in [1.807, 2.05) is 18.2 Å². The third-order valence-corrected chi connectivity index (χ3v) is 7.63. The Morgan fingerprint density at radius 2 is 2.03 bits per heavy atom. The maximum atomic E-state index is 12.4. The lowest BCUT2D eigenvalue weighted by Gasteiger charge is -2.24. The van der Waals surface area contributed by atoms with Gasteiger partial charge < -0.3 is 26.4 Å². The number of carbonyl (C=O) groups is 2. The molecule has 2 aromatic rings. The minimum absolute atomic E-state index is 0.211. The Hall–Kier alpha value is -2.62. The molecule has 1 aromatic heterocycles. The van der Waals surface area contributed by atoms with Gasteiger partial charge in [0, 0.05) is 26.7 Å². The molecule has 3 atom stereocenters. The van der Waals surface area contributed by atoms with Crippen LogP contribution in [0.4, 0.5) is 4.79 Å². The van der Waals surface area contributed by atoms with Gasteiger partial charge in [0.25, 0.3) is 0 Å². The van der Waals surface area contributed by atoms with Crippen molar-refractivity contribution in [3.05, 3.63) is 35.7 Å². The van der Waals surface area contributed by atoms with Gasteiger partial charge in [-0.25, -0.2) is 9.48 Å². The van der Waals surface area contributed by atoms with Crippen LogP contribution in [0.1, 0.15) is 56.5 Å². The van der Waals surface area contributed by atoms with Crippen molar-refractivity contribution in [2.45, 2.75) is 64.2 Å². The molecule has 1 fully saturated rings. The number of carbonyl (C=O) groups excluding carboxylic acids is 2. The first-order chi connectivity index (χ1) is 17.5. The molecule has 11 nitrogen and oxygen atoms in total. The third-order valence-electron chi connectivity index (χ3n) is 6.29. The predicted octanol–water partition coefficient (Wildman–Crippen LogP) is 1.21. The van der Waals surface area contributed by atoms with E-state index in [0.29, 0.717) is 46.6 Å². The van der Waals surface area contributed by atoms with E-state index in [0.717, 1.165) is 11.7 Å². The predicted molar refractivity (Wildman–Crippen MR) is 140 cm³/mol. The Bertz CT molecular complexity index is 964. The van der Waals surface area contributed by atoms with Crippen LogP contribution in [0.15, 0.2) is 24.3 Å². The van der Waals surface area contributed by atoms with E-state index < -0.39 is 12.1 Å². The summed E-state index contributed by atoms with van der Waals surface area (Å²) >= 11 is 0. The van der Waals surface area contributed by atoms with Crippen molar-refractivity contribution in [1.82, 2.24) is 36.2 Å². The fourth-order valence-corrected chi connectivity index (χ4v) is 5.42. The van der Waals surface area contributed by atoms with Crippen molar-refractivity contribution in [2.24, 2.45) is 11.7 Å². The molecule has 36 heavy (non-hydrogen) atoms. The smallest absolute Gasteiger partial charge is 0.314 e. The number of aryl methyl sites for hydroxylation is 1. The highest BCUT2D eigenvalue weighted by atomic mass is 31.1. The third kappa shape index (κ3) is 8.80. The molecule has 0 radical (unpaired) electrons. The Balaban J connectivity index is 1.60. The lowest BCUT2D eigenvalue weighted by molar-refractivity contribution is -0.123. The first-order valence-electron chi connectivity index (χ1n) is 12.6. The number of rotatable bonds is 13. The number of benzene rings is 1. The van der Waals surface area contributed by atoms with Gasteiger partial charge in [-0.3, -0.25) is 4.79 Å². The molecule has 0 saturated heterocycles. The van der Waals surface area contributed by atoms with E-state index in [2.05, 4.69) is 37.5 Å². The fourth-order valence-electron chi connectivity index (χ4n) is 4.22. The van der Waals surface area contributed by atoms with E-state index in [9.17, 15) is 9.59 Å². The average Bonchev–Trinajstić information content (AvgIpc) is 3.36. The first kappa shape index (κ1) is 28.0. The normalized spacial score (nSPS) is 16.1. The number of nitrogens with two attached hydrogens (primary N) is 1. The number of ether oxygens (including phenoxy) is 1. The minimum Gasteiger partial charge on any atom is -0.379 e. The molecule has 3 unspecified atom stereocenters. The summed E-state index contributed by atoms with van der Waals surface area (Å²) in [6, 6.07) is 6.72. The summed E-state index contributed by atoms with van der Waals surface area (Å²) in [4.78, 5) is 23.9. The monoisotopic (exact) mass is 518 g/mol. The summed E-state index contributed by atoms with van der Waals surface area (Å²) in [5, 5.41) is 21.8. The van der Waals surface area contributed by atoms with Crippen molar-refractivity contribution < 1.29 is 14.3 Å². The van der Waals surface area contributed by atoms with Crippen LogP contribution in [0.2, 0.25) is 0 Å². The van der Waals surface area contributed by atoms with Crippen LogP contribution in [0, 0.1) is 5.92 Å². The molecule has 3 amide bonds. The fraction of sp³-hybridized carbons (Fsp3) is 0.625. The lowest BCUT2D eigenvalue weighted by atomic mass is 9.90. The second-order valence-electron chi connectivity index (χ2n) is 9.17. The maximum absolute atomic E-state index is 12.4. The van der Waals surface area contributed by atoms with Crippen LogP contribution < -0.4 is 27.0 Å². The molecule has 198 valence electrons. The highest BCUT2D eigenvalue weighted by Gasteiger charge is 2.24. The summed E-state index contributed by atoms with van der Waals surface area (Å²) in [6.07, 6.45) is 7.00. The zero-order valence-electron chi connectivity index (χ0n) is 21.2. The number of aromatic nitrogens is 4. The van der Waals surface area contributed by atoms with Crippen LogP contribution in [0.5, 0.6) is 0 Å². The van der Waals surface area contributed by atoms with Gasteiger partial charge >= 0.3 is 6.03 Å². The SMILES string of the molecule is CNC(=O)NCc1ccccc1PCCn1nnnc1C(COCC1CCCCC1)NC(=O)C(C)N. The second kappa shape index (κ2) is 14.8. The van der Waals surface area contributed by atoms with Gasteiger partial charge in [-0.15, -0.1) is 5.10 Å². The zero-order valence-corrected chi connectivity index (χ0v) is 22.2. The molecule has 1 heterocycles. The van der Waals surface area contributed by atoms with Gasteiger partial charge in [-0.05, 0) is 53.1 Å². The number of hydrogen-bond donors (Lipinski definition) is 4. The van der Waals surface area contributed by atoms with Crippen molar-refractivity contribution in [3.63, 3.8) is 0 Å². The maximum Gasteiger partial charge on any atom is 0.314 e. The van der Waals surface area contributed by atoms with Crippen LogP contribution >= 0.6 is 8.58 Å². The molecule has 1 aliphatic rings. The highest BCUT2D eigenvalue weighted by Crippen LogP contribution is 2.24. The van der Waals surface area contributed by atoms with E-state index in [1.54, 1.807) is 18.7 Å². The minimum atomic E-state index is -0.642. The molecule has 12 heteroatoms. The Labute approximate surface area is 214 Å². The van der Waals surface area contributed by atoms with Gasteiger partial charge in [-0.1, -0.05) is 52.1 Å². The summed E-state index contributed by atoms with van der Waals surface area (Å²) in [7, 11) is 2.10. The standard InChI is InChI=1S/C24H39N8O3P/c1-17(25)23(33)28-20(16-35-15-18-8-4-3-5-9-18)22-29-30-31-32(22)12-13-36-21-11-7-6-10-19(21)14-27-24(34)26-2/h6-7,10-11,17-18,20,36H,3-5,8-9,12-16,25H2,1-2H3,(H,28,33)(H2,26,27,34). The van der Waals surface area contributed by atoms with Crippen molar-refractivity contribution in [3.8, 4) is 0 Å². The van der Waals surface area contributed by atoms with Gasteiger partial charge in [0.15, 0.2) is 5.82 Å². The average molecular weight is 519 g/mol.